The van der Waals surface area contributed by atoms with Gasteiger partial charge in [0.2, 0.25) is 5.91 Å². The van der Waals surface area contributed by atoms with Crippen LogP contribution in [-0.2, 0) is 9.59 Å². The third-order valence-corrected chi connectivity index (χ3v) is 3.18. The van der Waals surface area contributed by atoms with Gasteiger partial charge in [-0.05, 0) is 25.2 Å². The van der Waals surface area contributed by atoms with Crippen LogP contribution >= 0.6 is 0 Å². The SMILES string of the molecule is CC(C)CN(CC(N)=O)C(=O)NC1(C(=O)O)CCC1. The molecule has 0 heterocycles. The van der Waals surface area contributed by atoms with E-state index in [1.807, 2.05) is 13.8 Å². The molecule has 1 saturated carbocycles. The van der Waals surface area contributed by atoms with Crippen LogP contribution < -0.4 is 11.1 Å². The van der Waals surface area contributed by atoms with E-state index >= 15 is 0 Å². The van der Waals surface area contributed by atoms with E-state index in [1.165, 1.54) is 4.90 Å². The number of nitrogens with zero attached hydrogens (tertiary/aromatic N) is 1. The van der Waals surface area contributed by atoms with Crippen LogP contribution in [0, 0.1) is 5.92 Å². The second-order valence-electron chi connectivity index (χ2n) is 5.41. The van der Waals surface area contributed by atoms with Crippen LogP contribution in [0.3, 0.4) is 0 Å². The van der Waals surface area contributed by atoms with E-state index in [0.717, 1.165) is 6.42 Å². The lowest BCUT2D eigenvalue weighted by molar-refractivity contribution is -0.148. The van der Waals surface area contributed by atoms with Gasteiger partial charge < -0.3 is 21.1 Å². The van der Waals surface area contributed by atoms with Crippen molar-refractivity contribution in [2.75, 3.05) is 13.1 Å². The van der Waals surface area contributed by atoms with Crippen LogP contribution in [-0.4, -0.2) is 46.5 Å². The van der Waals surface area contributed by atoms with Crippen molar-refractivity contribution in [3.8, 4) is 0 Å². The minimum atomic E-state index is -1.18. The Morgan fingerprint density at radius 2 is 1.95 bits per heavy atom. The zero-order chi connectivity index (χ0) is 14.6. The molecule has 4 N–H and O–H groups in total. The maximum atomic E-state index is 12.1. The highest BCUT2D eigenvalue weighted by atomic mass is 16.4. The van der Waals surface area contributed by atoms with E-state index in [9.17, 15) is 14.4 Å². The van der Waals surface area contributed by atoms with Gasteiger partial charge >= 0.3 is 12.0 Å². The summed E-state index contributed by atoms with van der Waals surface area (Å²) in [4.78, 5) is 35.5. The summed E-state index contributed by atoms with van der Waals surface area (Å²) >= 11 is 0. The summed E-state index contributed by atoms with van der Waals surface area (Å²) in [5.74, 6) is -1.49. The van der Waals surface area contributed by atoms with E-state index < -0.39 is 23.4 Å². The molecular weight excluding hydrogens is 250 g/mol. The third-order valence-electron chi connectivity index (χ3n) is 3.18. The Hall–Kier alpha value is -1.79. The van der Waals surface area contributed by atoms with E-state index in [2.05, 4.69) is 5.32 Å². The first-order valence-electron chi connectivity index (χ1n) is 6.35. The van der Waals surface area contributed by atoms with Gasteiger partial charge in [0, 0.05) is 6.54 Å². The summed E-state index contributed by atoms with van der Waals surface area (Å²) in [5, 5.41) is 11.7. The van der Waals surface area contributed by atoms with E-state index in [1.54, 1.807) is 0 Å². The van der Waals surface area contributed by atoms with Gasteiger partial charge in [0.15, 0.2) is 0 Å². The van der Waals surface area contributed by atoms with Gasteiger partial charge in [-0.1, -0.05) is 13.8 Å². The monoisotopic (exact) mass is 271 g/mol. The number of carboxylic acid groups (broad SMARTS) is 1. The lowest BCUT2D eigenvalue weighted by atomic mass is 9.77. The number of carboxylic acids is 1. The van der Waals surface area contributed by atoms with Crippen molar-refractivity contribution in [2.45, 2.75) is 38.6 Å². The van der Waals surface area contributed by atoms with Crippen molar-refractivity contribution in [1.82, 2.24) is 10.2 Å². The fraction of sp³-hybridized carbons (Fsp3) is 0.750. The normalized spacial score (nSPS) is 16.6. The Morgan fingerprint density at radius 1 is 1.37 bits per heavy atom. The molecule has 0 spiro atoms. The van der Waals surface area contributed by atoms with Crippen molar-refractivity contribution in [2.24, 2.45) is 11.7 Å². The summed E-state index contributed by atoms with van der Waals surface area (Å²) in [5.41, 5.74) is 3.92. The Morgan fingerprint density at radius 3 is 2.26 bits per heavy atom. The second-order valence-corrected chi connectivity index (χ2v) is 5.41. The molecule has 19 heavy (non-hydrogen) atoms. The quantitative estimate of drug-likeness (QED) is 0.638. The Bertz CT molecular complexity index is 377. The van der Waals surface area contributed by atoms with Crippen LogP contribution in [0.1, 0.15) is 33.1 Å². The summed E-state index contributed by atoms with van der Waals surface area (Å²) in [7, 11) is 0. The van der Waals surface area contributed by atoms with Gasteiger partial charge in [-0.15, -0.1) is 0 Å². The molecule has 7 nitrogen and oxygen atoms in total. The Labute approximate surface area is 112 Å². The summed E-state index contributed by atoms with van der Waals surface area (Å²) < 4.78 is 0. The van der Waals surface area contributed by atoms with Crippen LogP contribution in [0.25, 0.3) is 0 Å². The first kappa shape index (κ1) is 15.3. The summed E-state index contributed by atoms with van der Waals surface area (Å²) in [6.45, 7) is 3.94. The fourth-order valence-electron chi connectivity index (χ4n) is 2.05. The van der Waals surface area contributed by atoms with Gasteiger partial charge in [0.1, 0.15) is 12.1 Å². The molecule has 108 valence electrons. The van der Waals surface area contributed by atoms with Crippen molar-refractivity contribution >= 4 is 17.9 Å². The van der Waals surface area contributed by atoms with Gasteiger partial charge in [-0.25, -0.2) is 9.59 Å². The molecule has 7 heteroatoms. The number of aliphatic carboxylic acids is 1. The van der Waals surface area contributed by atoms with Crippen molar-refractivity contribution in [3.05, 3.63) is 0 Å². The lowest BCUT2D eigenvalue weighted by Crippen LogP contribution is -2.62. The van der Waals surface area contributed by atoms with Crippen LogP contribution in [0.15, 0.2) is 0 Å². The predicted octanol–water partition coefficient (Wildman–Crippen LogP) is 0.147. The minimum absolute atomic E-state index is 0.160. The smallest absolute Gasteiger partial charge is 0.329 e. The number of nitrogens with one attached hydrogen (secondary N) is 1. The maximum Gasteiger partial charge on any atom is 0.329 e. The van der Waals surface area contributed by atoms with E-state index in [0.29, 0.717) is 19.4 Å². The molecule has 1 fully saturated rings. The average molecular weight is 271 g/mol. The van der Waals surface area contributed by atoms with Gasteiger partial charge in [0.05, 0.1) is 0 Å². The van der Waals surface area contributed by atoms with Gasteiger partial charge in [-0.3, -0.25) is 4.79 Å². The predicted molar refractivity (Wildman–Crippen MR) is 68.4 cm³/mol. The first-order chi connectivity index (χ1) is 8.77. The molecule has 0 aromatic heterocycles. The number of hydrogen-bond acceptors (Lipinski definition) is 3. The van der Waals surface area contributed by atoms with Crippen LogP contribution in [0.4, 0.5) is 4.79 Å². The molecule has 0 aromatic rings. The van der Waals surface area contributed by atoms with Gasteiger partial charge in [0.25, 0.3) is 0 Å². The molecular formula is C12H21N3O4. The highest BCUT2D eigenvalue weighted by Crippen LogP contribution is 2.32. The van der Waals surface area contributed by atoms with Crippen molar-refractivity contribution < 1.29 is 19.5 Å². The molecule has 1 rings (SSSR count). The number of primary amides is 1. The lowest BCUT2D eigenvalue weighted by Gasteiger charge is -2.39. The van der Waals surface area contributed by atoms with E-state index in [4.69, 9.17) is 10.8 Å². The zero-order valence-electron chi connectivity index (χ0n) is 11.3. The number of hydrogen-bond donors (Lipinski definition) is 3. The zero-order valence-corrected chi connectivity index (χ0v) is 11.3. The minimum Gasteiger partial charge on any atom is -0.480 e. The van der Waals surface area contributed by atoms with Gasteiger partial charge in [-0.2, -0.15) is 0 Å². The average Bonchev–Trinajstić information content (AvgIpc) is 2.20. The van der Waals surface area contributed by atoms with Crippen LogP contribution in [0.5, 0.6) is 0 Å². The molecule has 0 saturated heterocycles. The summed E-state index contributed by atoms with van der Waals surface area (Å²) in [6, 6.07) is -0.547. The number of rotatable bonds is 6. The van der Waals surface area contributed by atoms with Crippen molar-refractivity contribution in [1.29, 1.82) is 0 Å². The van der Waals surface area contributed by atoms with E-state index in [-0.39, 0.29) is 12.5 Å². The number of urea groups is 1. The highest BCUT2D eigenvalue weighted by Gasteiger charge is 2.46. The molecule has 1 aliphatic rings. The topological polar surface area (TPSA) is 113 Å². The third kappa shape index (κ3) is 3.84. The molecule has 3 amide bonds. The molecule has 1 aliphatic carbocycles. The first-order valence-corrected chi connectivity index (χ1v) is 6.35. The fourth-order valence-corrected chi connectivity index (χ4v) is 2.05. The molecule has 0 aromatic carbocycles. The molecule has 0 unspecified atom stereocenters. The maximum absolute atomic E-state index is 12.1. The molecule has 0 bridgehead atoms. The number of carbonyl (C=O) groups excluding carboxylic acids is 2. The number of amides is 3. The Balaban J connectivity index is 2.70. The molecule has 0 radical (unpaired) electrons. The molecule has 0 aliphatic heterocycles. The summed E-state index contributed by atoms with van der Waals surface area (Å²) in [6.07, 6.45) is 1.60. The Kier molecular flexibility index (Phi) is 4.74. The molecule has 0 atom stereocenters. The standard InChI is InChI=1S/C12H21N3O4/c1-8(2)6-15(7-9(13)16)11(19)14-12(10(17)18)4-3-5-12/h8H,3-7H2,1-2H3,(H2,13,16)(H,14,19)(H,17,18). The number of carbonyl (C=O) groups is 3. The number of nitrogens with two attached hydrogens (primary N) is 1. The second kappa shape index (κ2) is 5.90. The van der Waals surface area contributed by atoms with Crippen LogP contribution in [0.2, 0.25) is 0 Å². The highest BCUT2D eigenvalue weighted by molar-refractivity contribution is 5.89. The largest absolute Gasteiger partial charge is 0.480 e. The van der Waals surface area contributed by atoms with Crippen molar-refractivity contribution in [3.63, 3.8) is 0 Å².